The highest BCUT2D eigenvalue weighted by atomic mass is 15.2. The van der Waals surface area contributed by atoms with E-state index in [-0.39, 0.29) is 28.4 Å². The molecule has 0 atom stereocenters. The SMILES string of the molecule is Cc1cccc(C)c1-c1ccc(N2c3cc(-n4c5ccc(C(C)(C)C)cc5c5cc(C(C)(C)C)ccc54)ccc3B3c4ccc(-n5c6ccc(C(C)(C)C)cc6c6cc(C(C)(C)C)ccc65)cc4N(c4ccc(-c5c(C)cccc5C)cc4)c4cccc2c43)cc1. The van der Waals surface area contributed by atoms with E-state index >= 15 is 0 Å². The molecule has 0 saturated carbocycles. The Kier molecular flexibility index (Phi) is 13.2. The van der Waals surface area contributed by atoms with Gasteiger partial charge in [0.25, 0.3) is 6.71 Å². The lowest BCUT2D eigenvalue weighted by Crippen LogP contribution is -2.61. The quantitative estimate of drug-likeness (QED) is 0.154. The molecule has 450 valence electrons. The van der Waals surface area contributed by atoms with Crippen molar-refractivity contribution in [3.63, 3.8) is 0 Å². The summed E-state index contributed by atoms with van der Waals surface area (Å²) in [6, 6.07) is 82.6. The molecule has 0 unspecified atom stereocenters. The number of anilines is 6. The lowest BCUT2D eigenvalue weighted by atomic mass is 9.33. The van der Waals surface area contributed by atoms with Gasteiger partial charge < -0.3 is 18.9 Å². The molecule has 0 saturated heterocycles. The number of nitrogens with zero attached hydrogens (tertiary/aromatic N) is 4. The summed E-state index contributed by atoms with van der Waals surface area (Å²) >= 11 is 0. The molecule has 15 rings (SSSR count). The molecule has 0 aliphatic carbocycles. The Morgan fingerprint density at radius 2 is 0.560 bits per heavy atom. The van der Waals surface area contributed by atoms with E-state index in [0.717, 1.165) is 22.7 Å². The van der Waals surface area contributed by atoms with E-state index in [1.807, 2.05) is 0 Å². The van der Waals surface area contributed by atoms with E-state index in [1.54, 1.807) is 0 Å². The molecule has 13 aromatic rings. The Labute approximate surface area is 539 Å². The van der Waals surface area contributed by atoms with Gasteiger partial charge in [-0.25, -0.2) is 0 Å². The van der Waals surface area contributed by atoms with Crippen LogP contribution in [-0.2, 0) is 21.7 Å². The number of benzene rings is 11. The first-order chi connectivity index (χ1) is 43.3. The summed E-state index contributed by atoms with van der Waals surface area (Å²) in [4.78, 5) is 5.15. The third-order valence-corrected chi connectivity index (χ3v) is 20.3. The normalized spacial score (nSPS) is 13.4. The fraction of sp³-hybridized carbons (Fsp3) is 0.233. The van der Waals surface area contributed by atoms with Crippen LogP contribution in [0.2, 0.25) is 0 Å². The molecule has 0 N–H and O–H groups in total. The Balaban J connectivity index is 0.996. The summed E-state index contributed by atoms with van der Waals surface area (Å²) in [5.74, 6) is 0. The summed E-state index contributed by atoms with van der Waals surface area (Å²) in [7, 11) is 0. The van der Waals surface area contributed by atoms with Crippen molar-refractivity contribution in [1.29, 1.82) is 0 Å². The van der Waals surface area contributed by atoms with Crippen LogP contribution in [0.15, 0.2) is 212 Å². The Bertz CT molecular complexity index is 4630. The van der Waals surface area contributed by atoms with Gasteiger partial charge in [-0.15, -0.1) is 0 Å². The molecular formula is C86H83BN4. The van der Waals surface area contributed by atoms with Crippen LogP contribution in [0.25, 0.3) is 77.2 Å². The number of hydrogen-bond donors (Lipinski definition) is 0. The van der Waals surface area contributed by atoms with Crippen molar-refractivity contribution in [2.75, 3.05) is 9.80 Å². The molecular weight excluding hydrogens is 1100 g/mol. The summed E-state index contributed by atoms with van der Waals surface area (Å²) in [6.07, 6.45) is 0. The fourth-order valence-electron chi connectivity index (χ4n) is 15.3. The molecule has 0 fully saturated rings. The predicted octanol–water partition coefficient (Wildman–Crippen LogP) is 21.7. The second kappa shape index (κ2) is 20.6. The first kappa shape index (κ1) is 58.1. The van der Waals surface area contributed by atoms with Crippen molar-refractivity contribution in [3.8, 4) is 33.6 Å². The number of aryl methyl sites for hydroxylation is 4. The molecule has 0 bridgehead atoms. The topological polar surface area (TPSA) is 16.3 Å². The van der Waals surface area contributed by atoms with Crippen LogP contribution in [0.5, 0.6) is 0 Å². The molecule has 2 aliphatic heterocycles. The van der Waals surface area contributed by atoms with Crippen LogP contribution in [0.1, 0.15) is 128 Å². The van der Waals surface area contributed by atoms with Gasteiger partial charge in [0.1, 0.15) is 0 Å². The maximum Gasteiger partial charge on any atom is 0.252 e. The third kappa shape index (κ3) is 9.39. The second-order valence-electron chi connectivity index (χ2n) is 30.5. The Hall–Kier alpha value is -9.32. The zero-order valence-corrected chi connectivity index (χ0v) is 56.1. The minimum Gasteiger partial charge on any atom is -0.311 e. The average molecular weight is 1180 g/mol. The Morgan fingerprint density at radius 3 is 0.857 bits per heavy atom. The number of aromatic nitrogens is 2. The van der Waals surface area contributed by atoms with Crippen LogP contribution in [0, 0.1) is 27.7 Å². The molecule has 2 aliphatic rings. The lowest BCUT2D eigenvalue weighted by Gasteiger charge is -2.44. The van der Waals surface area contributed by atoms with Gasteiger partial charge >= 0.3 is 0 Å². The van der Waals surface area contributed by atoms with Gasteiger partial charge in [0.2, 0.25) is 0 Å². The highest BCUT2D eigenvalue weighted by Gasteiger charge is 2.44. The van der Waals surface area contributed by atoms with Crippen molar-refractivity contribution in [2.45, 2.75) is 132 Å². The summed E-state index contributed by atoms with van der Waals surface area (Å²) < 4.78 is 5.06. The number of hydrogen-bond acceptors (Lipinski definition) is 2. The molecule has 2 aromatic heterocycles. The molecule has 0 amide bonds. The standard InChI is InChI=1S/C86H83BN4/c1-52-20-17-21-53(2)80(52)56-26-34-62(35-27-56)88-76-24-19-25-77-82(76)87(70-40-38-64(50-78(70)88)90-72-42-30-58(83(5,6)7)46-66(72)67-47-59(84(8,9)10)31-43-73(67)90)71-41-39-65(51-79(71)89(77)63-36-28-57(29-37-63)81-54(3)22-18-23-55(81)4)91-74-44-32-60(85(11,12)13)48-68(74)69-49-61(86(14,15)16)33-45-75(69)91/h17-51H,1-16H3. The van der Waals surface area contributed by atoms with Gasteiger partial charge in [-0.05, 0) is 242 Å². The first-order valence-electron chi connectivity index (χ1n) is 32.9. The summed E-state index contributed by atoms with van der Waals surface area (Å²) in [5, 5.41) is 5.14. The smallest absolute Gasteiger partial charge is 0.252 e. The van der Waals surface area contributed by atoms with Gasteiger partial charge in [-0.1, -0.05) is 186 Å². The fourth-order valence-corrected chi connectivity index (χ4v) is 15.3. The Morgan fingerprint density at radius 1 is 0.275 bits per heavy atom. The van der Waals surface area contributed by atoms with Crippen molar-refractivity contribution in [3.05, 3.63) is 257 Å². The van der Waals surface area contributed by atoms with E-state index in [1.165, 1.54) is 150 Å². The molecule has 0 spiro atoms. The minimum absolute atomic E-state index is 0.0114. The van der Waals surface area contributed by atoms with Gasteiger partial charge in [0, 0.05) is 67.0 Å². The highest BCUT2D eigenvalue weighted by molar-refractivity contribution is 7.00. The van der Waals surface area contributed by atoms with Crippen LogP contribution >= 0.6 is 0 Å². The molecule has 4 heterocycles. The maximum absolute atomic E-state index is 2.57. The lowest BCUT2D eigenvalue weighted by molar-refractivity contribution is 0.590. The minimum atomic E-state index is -0.0988. The van der Waals surface area contributed by atoms with E-state index in [0.29, 0.717) is 0 Å². The maximum atomic E-state index is 2.57. The van der Waals surface area contributed by atoms with Crippen molar-refractivity contribution in [1.82, 2.24) is 9.13 Å². The van der Waals surface area contributed by atoms with E-state index in [9.17, 15) is 0 Å². The van der Waals surface area contributed by atoms with Crippen molar-refractivity contribution < 1.29 is 0 Å². The van der Waals surface area contributed by atoms with E-state index < -0.39 is 0 Å². The van der Waals surface area contributed by atoms with Crippen molar-refractivity contribution in [2.24, 2.45) is 0 Å². The van der Waals surface area contributed by atoms with Crippen molar-refractivity contribution >= 4 is 101 Å². The second-order valence-corrected chi connectivity index (χ2v) is 30.5. The van der Waals surface area contributed by atoms with Gasteiger partial charge in [0.15, 0.2) is 0 Å². The molecule has 0 radical (unpaired) electrons. The molecule has 5 heteroatoms. The third-order valence-electron chi connectivity index (χ3n) is 20.3. The van der Waals surface area contributed by atoms with Gasteiger partial charge in [-0.2, -0.15) is 0 Å². The van der Waals surface area contributed by atoms with Crippen LogP contribution in [0.3, 0.4) is 0 Å². The van der Waals surface area contributed by atoms with Gasteiger partial charge in [-0.3, -0.25) is 0 Å². The largest absolute Gasteiger partial charge is 0.311 e. The molecule has 91 heavy (non-hydrogen) atoms. The zero-order valence-electron chi connectivity index (χ0n) is 56.1. The predicted molar refractivity (Wildman–Crippen MR) is 394 cm³/mol. The molecule has 4 nitrogen and oxygen atoms in total. The molecule has 11 aromatic carbocycles. The summed E-state index contributed by atoms with van der Waals surface area (Å²) in [6.45, 7) is 36.7. The van der Waals surface area contributed by atoms with Gasteiger partial charge in [0.05, 0.1) is 22.1 Å². The van der Waals surface area contributed by atoms with E-state index in [2.05, 4.69) is 342 Å². The number of rotatable bonds is 6. The zero-order chi connectivity index (χ0) is 63.5. The van der Waals surface area contributed by atoms with E-state index in [4.69, 9.17) is 0 Å². The van der Waals surface area contributed by atoms with Crippen LogP contribution < -0.4 is 26.2 Å². The summed E-state index contributed by atoms with van der Waals surface area (Å²) in [5.41, 5.74) is 33.3. The monoisotopic (exact) mass is 1180 g/mol. The highest BCUT2D eigenvalue weighted by Crippen LogP contribution is 2.48. The van der Waals surface area contributed by atoms with Crippen LogP contribution in [-0.4, -0.2) is 15.8 Å². The first-order valence-corrected chi connectivity index (χ1v) is 32.9. The average Bonchev–Trinajstić information content (AvgIpc) is 0.988. The number of fused-ring (bicyclic) bond motifs is 10. The van der Waals surface area contributed by atoms with Crippen LogP contribution in [0.4, 0.5) is 34.1 Å².